The van der Waals surface area contributed by atoms with Crippen molar-refractivity contribution in [2.24, 2.45) is 0 Å². The molecule has 0 aromatic carbocycles. The van der Waals surface area contributed by atoms with Gasteiger partial charge in [-0.05, 0) is 11.6 Å². The van der Waals surface area contributed by atoms with Crippen molar-refractivity contribution in [1.82, 2.24) is 9.97 Å². The van der Waals surface area contributed by atoms with Gasteiger partial charge >= 0.3 is 0 Å². The van der Waals surface area contributed by atoms with Crippen LogP contribution in [-0.2, 0) is 9.84 Å². The zero-order valence-corrected chi connectivity index (χ0v) is 10.4. The molecule has 0 saturated heterocycles. The minimum absolute atomic E-state index is 0.0105. The van der Waals surface area contributed by atoms with Crippen LogP contribution in [0.15, 0.2) is 6.20 Å². The van der Waals surface area contributed by atoms with Gasteiger partial charge in [-0.3, -0.25) is 0 Å². The predicted octanol–water partition coefficient (Wildman–Crippen LogP) is 0.750. The molecule has 8 heteroatoms. The summed E-state index contributed by atoms with van der Waals surface area (Å²) in [5.74, 6) is -0.728. The van der Waals surface area contributed by atoms with Crippen molar-refractivity contribution in [3.8, 4) is 0 Å². The first kappa shape index (κ1) is 13.1. The molecular weight excluding hydrogens is 257 g/mol. The highest BCUT2D eigenvalue weighted by Gasteiger charge is 2.12. The Hall–Kier alpha value is -0.950. The van der Waals surface area contributed by atoms with E-state index >= 15 is 0 Å². The van der Waals surface area contributed by atoms with Crippen LogP contribution in [0.2, 0.25) is 5.28 Å². The minimum Gasteiger partial charge on any atom is -0.356 e. The zero-order valence-electron chi connectivity index (χ0n) is 8.81. The van der Waals surface area contributed by atoms with E-state index in [9.17, 15) is 12.8 Å². The number of nitrogens with zero attached hydrogens (tertiary/aromatic N) is 3. The van der Waals surface area contributed by atoms with E-state index in [0.717, 1.165) is 12.5 Å². The van der Waals surface area contributed by atoms with E-state index in [0.29, 0.717) is 0 Å². The molecule has 0 spiro atoms. The summed E-state index contributed by atoms with van der Waals surface area (Å²) in [4.78, 5) is 8.53. The van der Waals surface area contributed by atoms with Crippen LogP contribution in [0.3, 0.4) is 0 Å². The molecule has 0 aliphatic heterocycles. The van der Waals surface area contributed by atoms with Gasteiger partial charge in [-0.25, -0.2) is 17.8 Å². The summed E-state index contributed by atoms with van der Waals surface area (Å²) in [6.45, 7) is 0.142. The monoisotopic (exact) mass is 267 g/mol. The molecule has 0 atom stereocenters. The largest absolute Gasteiger partial charge is 0.356 e. The van der Waals surface area contributed by atoms with E-state index in [1.54, 1.807) is 0 Å². The lowest BCUT2D eigenvalue weighted by Crippen LogP contribution is -2.26. The highest BCUT2D eigenvalue weighted by Crippen LogP contribution is 2.15. The Morgan fingerprint density at radius 1 is 1.56 bits per heavy atom. The van der Waals surface area contributed by atoms with Gasteiger partial charge in [0.1, 0.15) is 9.84 Å². The Morgan fingerprint density at radius 2 is 2.19 bits per heavy atom. The number of aromatic nitrogens is 2. The van der Waals surface area contributed by atoms with Crippen molar-refractivity contribution in [3.63, 3.8) is 0 Å². The third kappa shape index (κ3) is 3.90. The smallest absolute Gasteiger partial charge is 0.224 e. The highest BCUT2D eigenvalue weighted by molar-refractivity contribution is 7.90. The van der Waals surface area contributed by atoms with E-state index in [2.05, 4.69) is 9.97 Å². The zero-order chi connectivity index (χ0) is 12.3. The second-order valence-electron chi connectivity index (χ2n) is 3.36. The maximum atomic E-state index is 13.3. The molecule has 0 N–H and O–H groups in total. The summed E-state index contributed by atoms with van der Waals surface area (Å²) in [6.07, 6.45) is 2.06. The van der Waals surface area contributed by atoms with Crippen molar-refractivity contribution in [1.29, 1.82) is 0 Å². The van der Waals surface area contributed by atoms with Crippen LogP contribution in [0.5, 0.6) is 0 Å². The molecule has 16 heavy (non-hydrogen) atoms. The van der Waals surface area contributed by atoms with E-state index in [1.807, 2.05) is 0 Å². The summed E-state index contributed by atoms with van der Waals surface area (Å²) >= 11 is 5.52. The molecule has 0 saturated carbocycles. The van der Waals surface area contributed by atoms with Crippen LogP contribution in [-0.4, -0.2) is 44.0 Å². The Balaban J connectivity index is 2.80. The molecular formula is C8H11ClFN3O2S. The fraction of sp³-hybridized carbons (Fsp3) is 0.500. The van der Waals surface area contributed by atoms with Crippen LogP contribution in [0.1, 0.15) is 0 Å². The fourth-order valence-corrected chi connectivity index (χ4v) is 1.75. The van der Waals surface area contributed by atoms with Crippen molar-refractivity contribution < 1.29 is 12.8 Å². The van der Waals surface area contributed by atoms with Gasteiger partial charge in [0.05, 0.1) is 11.9 Å². The Morgan fingerprint density at radius 3 is 2.75 bits per heavy atom. The van der Waals surface area contributed by atoms with Crippen LogP contribution >= 0.6 is 11.6 Å². The van der Waals surface area contributed by atoms with Gasteiger partial charge in [-0.1, -0.05) is 0 Å². The highest BCUT2D eigenvalue weighted by atomic mass is 35.5. The van der Waals surface area contributed by atoms with E-state index in [-0.39, 0.29) is 23.4 Å². The second kappa shape index (κ2) is 4.92. The standard InChI is InChI=1S/C8H11ClFN3O2S/c1-13(3-4-16(2,14)15)7-6(10)5-11-8(9)12-7/h5H,3-4H2,1-2H3. The minimum atomic E-state index is -3.09. The molecule has 0 aliphatic rings. The average molecular weight is 268 g/mol. The maximum absolute atomic E-state index is 13.3. The quantitative estimate of drug-likeness (QED) is 0.754. The molecule has 90 valence electrons. The lowest BCUT2D eigenvalue weighted by Gasteiger charge is -2.17. The molecule has 5 nitrogen and oxygen atoms in total. The van der Waals surface area contributed by atoms with Gasteiger partial charge in [-0.2, -0.15) is 4.98 Å². The van der Waals surface area contributed by atoms with Gasteiger partial charge in [0.25, 0.3) is 0 Å². The molecule has 0 aliphatic carbocycles. The predicted molar refractivity (Wildman–Crippen MR) is 60.0 cm³/mol. The summed E-state index contributed by atoms with van der Waals surface area (Å²) in [7, 11) is -1.56. The van der Waals surface area contributed by atoms with Gasteiger partial charge in [0, 0.05) is 19.8 Å². The lowest BCUT2D eigenvalue weighted by molar-refractivity contribution is 0.596. The molecule has 0 bridgehead atoms. The summed E-state index contributed by atoms with van der Waals surface area (Å²) in [5, 5.41) is -0.0809. The second-order valence-corrected chi connectivity index (χ2v) is 5.96. The van der Waals surface area contributed by atoms with Crippen LogP contribution in [0.4, 0.5) is 10.2 Å². The van der Waals surface area contributed by atoms with Crippen LogP contribution in [0, 0.1) is 5.82 Å². The number of anilines is 1. The van der Waals surface area contributed by atoms with Crippen LogP contribution < -0.4 is 4.90 Å². The topological polar surface area (TPSA) is 63.2 Å². The molecule has 0 unspecified atom stereocenters. The molecule has 0 radical (unpaired) electrons. The maximum Gasteiger partial charge on any atom is 0.224 e. The van der Waals surface area contributed by atoms with Crippen molar-refractivity contribution >= 4 is 27.3 Å². The summed E-state index contributed by atoms with van der Waals surface area (Å²) < 4.78 is 35.1. The van der Waals surface area contributed by atoms with Gasteiger partial charge < -0.3 is 4.90 Å². The van der Waals surface area contributed by atoms with E-state index < -0.39 is 15.7 Å². The van der Waals surface area contributed by atoms with Gasteiger partial charge in [0.2, 0.25) is 5.28 Å². The molecule has 1 rings (SSSR count). The number of rotatable bonds is 4. The fourth-order valence-electron chi connectivity index (χ4n) is 1.01. The first-order valence-corrected chi connectivity index (χ1v) is 6.80. The summed E-state index contributed by atoms with van der Waals surface area (Å²) in [6, 6.07) is 0. The lowest BCUT2D eigenvalue weighted by atomic mass is 10.5. The molecule has 0 amide bonds. The summed E-state index contributed by atoms with van der Waals surface area (Å²) in [5.41, 5.74) is 0. The Labute approximate surface area is 98.2 Å². The van der Waals surface area contributed by atoms with E-state index in [1.165, 1.54) is 11.9 Å². The molecule has 1 heterocycles. The number of halogens is 2. The average Bonchev–Trinajstić information content (AvgIpc) is 2.17. The van der Waals surface area contributed by atoms with Crippen molar-refractivity contribution in [2.75, 3.05) is 30.5 Å². The number of sulfone groups is 1. The number of hydrogen-bond donors (Lipinski definition) is 0. The van der Waals surface area contributed by atoms with Crippen molar-refractivity contribution in [2.45, 2.75) is 0 Å². The van der Waals surface area contributed by atoms with Gasteiger partial charge in [-0.15, -0.1) is 0 Å². The third-order valence-electron chi connectivity index (χ3n) is 1.86. The Kier molecular flexibility index (Phi) is 4.03. The first-order chi connectivity index (χ1) is 7.29. The third-order valence-corrected chi connectivity index (χ3v) is 2.96. The van der Waals surface area contributed by atoms with Crippen molar-refractivity contribution in [3.05, 3.63) is 17.3 Å². The van der Waals surface area contributed by atoms with E-state index in [4.69, 9.17) is 11.6 Å². The first-order valence-electron chi connectivity index (χ1n) is 4.36. The normalized spacial score (nSPS) is 11.5. The van der Waals surface area contributed by atoms with Gasteiger partial charge in [0.15, 0.2) is 11.6 Å². The number of hydrogen-bond acceptors (Lipinski definition) is 5. The molecule has 1 aromatic rings. The molecule has 0 fully saturated rings. The SMILES string of the molecule is CN(CCS(C)(=O)=O)c1nc(Cl)ncc1F. The van der Waals surface area contributed by atoms with Crippen LogP contribution in [0.25, 0.3) is 0 Å². The Bertz CT molecular complexity index is 480. The molecule has 1 aromatic heterocycles.